The number of benzene rings is 2. The summed E-state index contributed by atoms with van der Waals surface area (Å²) in [6, 6.07) is 14.5. The van der Waals surface area contributed by atoms with E-state index in [0.29, 0.717) is 0 Å². The Morgan fingerprint density at radius 1 is 1.00 bits per heavy atom. The lowest BCUT2D eigenvalue weighted by Gasteiger charge is -2.05. The molecule has 2 aromatic carbocycles. The van der Waals surface area contributed by atoms with Crippen LogP contribution in [-0.4, -0.2) is 23.2 Å². The fourth-order valence-electron chi connectivity index (χ4n) is 1.90. The standard InChI is InChI=1S/C16H14N2O4/c19-15(10-12-4-2-1-3-5-12)11-17-16(20)13-6-8-14(9-7-13)18(21)22/h1-9H,10-11H2,(H,17,20). The normalized spacial score (nSPS) is 10.0. The van der Waals surface area contributed by atoms with E-state index in [4.69, 9.17) is 0 Å². The summed E-state index contributed by atoms with van der Waals surface area (Å²) >= 11 is 0. The first-order chi connectivity index (χ1) is 10.6. The molecule has 0 radical (unpaired) electrons. The summed E-state index contributed by atoms with van der Waals surface area (Å²) < 4.78 is 0. The van der Waals surface area contributed by atoms with Gasteiger partial charge >= 0.3 is 0 Å². The third-order valence-corrected chi connectivity index (χ3v) is 3.03. The largest absolute Gasteiger partial charge is 0.345 e. The van der Waals surface area contributed by atoms with E-state index in [1.807, 2.05) is 30.3 Å². The lowest BCUT2D eigenvalue weighted by Crippen LogP contribution is -2.30. The zero-order valence-electron chi connectivity index (χ0n) is 11.7. The van der Waals surface area contributed by atoms with Gasteiger partial charge in [-0.15, -0.1) is 0 Å². The molecule has 0 saturated heterocycles. The summed E-state index contributed by atoms with van der Waals surface area (Å²) in [5.74, 6) is -0.544. The number of rotatable bonds is 6. The molecule has 0 heterocycles. The molecule has 0 aliphatic rings. The SMILES string of the molecule is O=C(CNC(=O)c1ccc([N+](=O)[O-])cc1)Cc1ccccc1. The molecule has 0 atom stereocenters. The van der Waals surface area contributed by atoms with Gasteiger partial charge in [0.1, 0.15) is 0 Å². The summed E-state index contributed by atoms with van der Waals surface area (Å²) in [6.07, 6.45) is 0.251. The van der Waals surface area contributed by atoms with E-state index in [9.17, 15) is 19.7 Å². The van der Waals surface area contributed by atoms with Crippen LogP contribution < -0.4 is 5.32 Å². The Kier molecular flexibility index (Phi) is 4.98. The second-order valence-corrected chi connectivity index (χ2v) is 4.69. The van der Waals surface area contributed by atoms with Crippen molar-refractivity contribution in [1.82, 2.24) is 5.32 Å². The Morgan fingerprint density at radius 3 is 2.23 bits per heavy atom. The molecule has 0 aromatic heterocycles. The Balaban J connectivity index is 1.87. The van der Waals surface area contributed by atoms with Crippen LogP contribution in [0.2, 0.25) is 0 Å². The molecule has 0 unspecified atom stereocenters. The number of nitro benzene ring substituents is 1. The molecule has 0 bridgehead atoms. The fraction of sp³-hybridized carbons (Fsp3) is 0.125. The minimum atomic E-state index is -0.537. The van der Waals surface area contributed by atoms with E-state index >= 15 is 0 Å². The van der Waals surface area contributed by atoms with Gasteiger partial charge in [0.05, 0.1) is 11.5 Å². The predicted molar refractivity (Wildman–Crippen MR) is 80.6 cm³/mol. The Labute approximate surface area is 126 Å². The molecule has 1 N–H and O–H groups in total. The molecule has 22 heavy (non-hydrogen) atoms. The number of Topliss-reactive ketones (excluding diaryl/α,β-unsaturated/α-hetero) is 1. The number of carbonyl (C=O) groups is 2. The van der Waals surface area contributed by atoms with Crippen molar-refractivity contribution in [3.05, 3.63) is 75.8 Å². The monoisotopic (exact) mass is 298 g/mol. The molecule has 2 aromatic rings. The molecule has 0 aliphatic carbocycles. The molecule has 6 nitrogen and oxygen atoms in total. The summed E-state index contributed by atoms with van der Waals surface area (Å²) in [4.78, 5) is 33.6. The van der Waals surface area contributed by atoms with Crippen molar-refractivity contribution >= 4 is 17.4 Å². The van der Waals surface area contributed by atoms with Crippen molar-refractivity contribution in [2.45, 2.75) is 6.42 Å². The van der Waals surface area contributed by atoms with Crippen LogP contribution in [0.15, 0.2) is 54.6 Å². The van der Waals surface area contributed by atoms with Gasteiger partial charge in [0, 0.05) is 24.1 Å². The molecule has 2 rings (SSSR count). The average molecular weight is 298 g/mol. The second-order valence-electron chi connectivity index (χ2n) is 4.69. The smallest absolute Gasteiger partial charge is 0.269 e. The van der Waals surface area contributed by atoms with Crippen molar-refractivity contribution in [2.75, 3.05) is 6.54 Å². The van der Waals surface area contributed by atoms with E-state index in [1.54, 1.807) is 0 Å². The van der Waals surface area contributed by atoms with Gasteiger partial charge in [-0.2, -0.15) is 0 Å². The van der Waals surface area contributed by atoms with Crippen LogP contribution >= 0.6 is 0 Å². The molecule has 0 saturated carbocycles. The van der Waals surface area contributed by atoms with Crippen molar-refractivity contribution in [3.63, 3.8) is 0 Å². The van der Waals surface area contributed by atoms with E-state index in [-0.39, 0.29) is 30.0 Å². The van der Waals surface area contributed by atoms with Crippen LogP contribution in [0.5, 0.6) is 0 Å². The number of non-ortho nitro benzene ring substituents is 1. The highest BCUT2D eigenvalue weighted by molar-refractivity contribution is 5.97. The van der Waals surface area contributed by atoms with E-state index in [0.717, 1.165) is 5.56 Å². The molecule has 0 fully saturated rings. The molecule has 6 heteroatoms. The topological polar surface area (TPSA) is 89.3 Å². The van der Waals surface area contributed by atoms with E-state index in [2.05, 4.69) is 5.32 Å². The van der Waals surface area contributed by atoms with Crippen molar-refractivity contribution in [2.24, 2.45) is 0 Å². The van der Waals surface area contributed by atoms with Crippen LogP contribution in [0.3, 0.4) is 0 Å². The highest BCUT2D eigenvalue weighted by Crippen LogP contribution is 2.11. The zero-order valence-corrected chi connectivity index (χ0v) is 11.7. The van der Waals surface area contributed by atoms with Gasteiger partial charge in [-0.05, 0) is 17.7 Å². The van der Waals surface area contributed by atoms with Crippen LogP contribution in [0.4, 0.5) is 5.69 Å². The molecule has 112 valence electrons. The third kappa shape index (κ3) is 4.24. The number of hydrogen-bond acceptors (Lipinski definition) is 4. The maximum Gasteiger partial charge on any atom is 0.269 e. The maximum atomic E-state index is 11.8. The lowest BCUT2D eigenvalue weighted by atomic mass is 10.1. The Hall–Kier alpha value is -3.02. The summed E-state index contributed by atoms with van der Waals surface area (Å²) in [5.41, 5.74) is 1.08. The number of amides is 1. The van der Waals surface area contributed by atoms with Gasteiger partial charge in [0.15, 0.2) is 5.78 Å². The van der Waals surface area contributed by atoms with Gasteiger partial charge in [-0.3, -0.25) is 19.7 Å². The van der Waals surface area contributed by atoms with Gasteiger partial charge in [0.25, 0.3) is 11.6 Å². The number of nitrogens with one attached hydrogen (secondary N) is 1. The first kappa shape index (κ1) is 15.4. The van der Waals surface area contributed by atoms with Gasteiger partial charge < -0.3 is 5.32 Å². The quantitative estimate of drug-likeness (QED) is 0.653. The van der Waals surface area contributed by atoms with E-state index in [1.165, 1.54) is 24.3 Å². The number of nitrogens with zero attached hydrogens (tertiary/aromatic N) is 1. The number of hydrogen-bond donors (Lipinski definition) is 1. The average Bonchev–Trinajstić information content (AvgIpc) is 2.53. The number of nitro groups is 1. The first-order valence-electron chi connectivity index (χ1n) is 6.64. The highest BCUT2D eigenvalue weighted by atomic mass is 16.6. The molecular weight excluding hydrogens is 284 g/mol. The van der Waals surface area contributed by atoms with Crippen LogP contribution in [-0.2, 0) is 11.2 Å². The molecule has 0 aliphatic heterocycles. The summed E-state index contributed by atoms with van der Waals surface area (Å²) in [7, 11) is 0. The Bertz CT molecular complexity index is 681. The van der Waals surface area contributed by atoms with Crippen molar-refractivity contribution in [3.8, 4) is 0 Å². The second kappa shape index (κ2) is 7.12. The van der Waals surface area contributed by atoms with Gasteiger partial charge in [-0.25, -0.2) is 0 Å². The predicted octanol–water partition coefficient (Wildman–Crippen LogP) is 2.14. The van der Waals surface area contributed by atoms with Crippen molar-refractivity contribution < 1.29 is 14.5 Å². The molecular formula is C16H14N2O4. The lowest BCUT2D eigenvalue weighted by molar-refractivity contribution is -0.384. The van der Waals surface area contributed by atoms with E-state index < -0.39 is 10.8 Å². The van der Waals surface area contributed by atoms with Crippen LogP contribution in [0.1, 0.15) is 15.9 Å². The molecule has 0 spiro atoms. The number of carbonyl (C=O) groups excluding carboxylic acids is 2. The zero-order chi connectivity index (χ0) is 15.9. The van der Waals surface area contributed by atoms with Crippen LogP contribution in [0.25, 0.3) is 0 Å². The van der Waals surface area contributed by atoms with Gasteiger partial charge in [-0.1, -0.05) is 30.3 Å². The highest BCUT2D eigenvalue weighted by Gasteiger charge is 2.11. The Morgan fingerprint density at radius 2 is 1.64 bits per heavy atom. The minimum Gasteiger partial charge on any atom is -0.345 e. The fourth-order valence-corrected chi connectivity index (χ4v) is 1.90. The summed E-state index contributed by atoms with van der Waals surface area (Å²) in [5, 5.41) is 13.0. The summed E-state index contributed by atoms with van der Waals surface area (Å²) in [6.45, 7) is -0.0787. The van der Waals surface area contributed by atoms with Gasteiger partial charge in [0.2, 0.25) is 0 Å². The van der Waals surface area contributed by atoms with Crippen molar-refractivity contribution in [1.29, 1.82) is 0 Å². The first-order valence-corrected chi connectivity index (χ1v) is 6.64. The van der Waals surface area contributed by atoms with Crippen LogP contribution in [0, 0.1) is 10.1 Å². The minimum absolute atomic E-state index is 0.0787. The number of ketones is 1. The maximum absolute atomic E-state index is 11.8. The third-order valence-electron chi connectivity index (χ3n) is 3.03. The molecule has 1 amide bonds.